The first-order valence-corrected chi connectivity index (χ1v) is 9.13. The lowest BCUT2D eigenvalue weighted by Gasteiger charge is -2.39. The van der Waals surface area contributed by atoms with Crippen LogP contribution in [0.1, 0.15) is 24.4 Å². The highest BCUT2D eigenvalue weighted by molar-refractivity contribution is 8.00. The van der Waals surface area contributed by atoms with Gasteiger partial charge >= 0.3 is 0 Å². The highest BCUT2D eigenvalue weighted by Crippen LogP contribution is 2.36. The molecule has 4 rings (SSSR count). The topological polar surface area (TPSA) is 55.3 Å². The highest BCUT2D eigenvalue weighted by Gasteiger charge is 2.31. The second-order valence-corrected chi connectivity index (χ2v) is 7.37. The van der Waals surface area contributed by atoms with Gasteiger partial charge in [0.1, 0.15) is 0 Å². The molecule has 124 valence electrons. The van der Waals surface area contributed by atoms with Crippen LogP contribution in [0, 0.1) is 0 Å². The number of rotatable bonds is 4. The van der Waals surface area contributed by atoms with Gasteiger partial charge in [0, 0.05) is 23.6 Å². The zero-order chi connectivity index (χ0) is 16.4. The number of hydrogen-bond acceptors (Lipinski definition) is 6. The first kappa shape index (κ1) is 15.5. The van der Waals surface area contributed by atoms with E-state index < -0.39 is 0 Å². The maximum absolute atomic E-state index is 5.79. The third-order valence-corrected chi connectivity index (χ3v) is 5.48. The summed E-state index contributed by atoms with van der Waals surface area (Å²) < 4.78 is 11.1. The van der Waals surface area contributed by atoms with E-state index in [2.05, 4.69) is 52.4 Å². The summed E-state index contributed by atoms with van der Waals surface area (Å²) in [7, 11) is 0. The Morgan fingerprint density at radius 1 is 1.17 bits per heavy atom. The monoisotopic (exact) mass is 341 g/mol. The van der Waals surface area contributed by atoms with E-state index in [9.17, 15) is 0 Å². The van der Waals surface area contributed by atoms with Crippen LogP contribution in [0.15, 0.2) is 57.6 Å². The van der Waals surface area contributed by atoms with Crippen molar-refractivity contribution in [3.8, 4) is 11.7 Å². The van der Waals surface area contributed by atoms with Gasteiger partial charge in [-0.15, -0.1) is 10.2 Å². The van der Waals surface area contributed by atoms with Crippen molar-refractivity contribution < 1.29 is 8.83 Å². The fourth-order valence-corrected chi connectivity index (χ4v) is 4.41. The van der Waals surface area contributed by atoms with Gasteiger partial charge in [-0.25, -0.2) is 0 Å². The Morgan fingerprint density at radius 2 is 2.04 bits per heavy atom. The van der Waals surface area contributed by atoms with Crippen LogP contribution in [0.3, 0.4) is 0 Å². The number of furan rings is 1. The van der Waals surface area contributed by atoms with Crippen LogP contribution in [0.25, 0.3) is 11.7 Å². The Kier molecular flexibility index (Phi) is 4.40. The maximum Gasteiger partial charge on any atom is 0.283 e. The van der Waals surface area contributed by atoms with Crippen LogP contribution >= 0.6 is 11.8 Å². The van der Waals surface area contributed by atoms with Crippen molar-refractivity contribution in [1.82, 2.24) is 15.1 Å². The van der Waals surface area contributed by atoms with Crippen LogP contribution in [0.2, 0.25) is 0 Å². The van der Waals surface area contributed by atoms with E-state index in [1.165, 1.54) is 5.56 Å². The minimum atomic E-state index is 0.351. The molecule has 2 aromatic heterocycles. The lowest BCUT2D eigenvalue weighted by molar-refractivity contribution is 0.174. The Hall–Kier alpha value is -2.05. The summed E-state index contributed by atoms with van der Waals surface area (Å²) in [5.74, 6) is 2.78. The summed E-state index contributed by atoms with van der Waals surface area (Å²) in [6, 6.07) is 14.6. The Balaban J connectivity index is 1.56. The zero-order valence-corrected chi connectivity index (χ0v) is 14.3. The van der Waals surface area contributed by atoms with Crippen LogP contribution < -0.4 is 0 Å². The number of aromatic nitrogens is 2. The number of benzene rings is 1. The van der Waals surface area contributed by atoms with E-state index in [-0.39, 0.29) is 0 Å². The van der Waals surface area contributed by atoms with Gasteiger partial charge in [0.15, 0.2) is 5.76 Å². The third-order valence-electron chi connectivity index (χ3n) is 4.28. The van der Waals surface area contributed by atoms with Gasteiger partial charge in [0.05, 0.1) is 12.8 Å². The van der Waals surface area contributed by atoms with E-state index in [0.29, 0.717) is 35.4 Å². The molecule has 0 bridgehead atoms. The quantitative estimate of drug-likeness (QED) is 0.715. The van der Waals surface area contributed by atoms with E-state index in [4.69, 9.17) is 8.83 Å². The van der Waals surface area contributed by atoms with Crippen molar-refractivity contribution in [1.29, 1.82) is 0 Å². The molecule has 1 saturated heterocycles. The van der Waals surface area contributed by atoms with Gasteiger partial charge in [-0.1, -0.05) is 37.3 Å². The van der Waals surface area contributed by atoms with Crippen molar-refractivity contribution in [2.75, 3.05) is 12.3 Å². The van der Waals surface area contributed by atoms with Crippen molar-refractivity contribution in [3.63, 3.8) is 0 Å². The molecule has 0 unspecified atom stereocenters. The van der Waals surface area contributed by atoms with E-state index in [1.807, 2.05) is 23.9 Å². The molecule has 1 fully saturated rings. The van der Waals surface area contributed by atoms with Gasteiger partial charge < -0.3 is 8.83 Å². The fraction of sp³-hybridized carbons (Fsp3) is 0.333. The summed E-state index contributed by atoms with van der Waals surface area (Å²) in [5, 5.41) is 8.81. The molecule has 6 heteroatoms. The molecule has 24 heavy (non-hydrogen) atoms. The van der Waals surface area contributed by atoms with Gasteiger partial charge in [-0.2, -0.15) is 11.8 Å². The second kappa shape index (κ2) is 6.83. The molecular weight excluding hydrogens is 322 g/mol. The lowest BCUT2D eigenvalue weighted by Crippen LogP contribution is -2.39. The minimum Gasteiger partial charge on any atom is -0.459 e. The first-order valence-electron chi connectivity index (χ1n) is 8.08. The Bertz CT molecular complexity index is 773. The molecule has 3 aromatic rings. The predicted molar refractivity (Wildman–Crippen MR) is 93.5 cm³/mol. The van der Waals surface area contributed by atoms with Gasteiger partial charge in [0.2, 0.25) is 5.89 Å². The summed E-state index contributed by atoms with van der Waals surface area (Å²) in [5.41, 5.74) is 1.34. The Labute approximate surface area is 145 Å². The smallest absolute Gasteiger partial charge is 0.283 e. The van der Waals surface area contributed by atoms with Gasteiger partial charge in [-0.3, -0.25) is 4.90 Å². The van der Waals surface area contributed by atoms with Crippen LogP contribution in [0.5, 0.6) is 0 Å². The fourth-order valence-electron chi connectivity index (χ4n) is 3.18. The molecule has 0 aliphatic carbocycles. The average molecular weight is 341 g/mol. The van der Waals surface area contributed by atoms with Gasteiger partial charge in [-0.05, 0) is 17.7 Å². The van der Waals surface area contributed by atoms with Crippen LogP contribution in [0.4, 0.5) is 0 Å². The predicted octanol–water partition coefficient (Wildman–Crippen LogP) is 4.01. The first-order chi connectivity index (χ1) is 11.8. The lowest BCUT2D eigenvalue weighted by atomic mass is 10.0. The molecule has 1 aliphatic heterocycles. The van der Waals surface area contributed by atoms with E-state index in [1.54, 1.807) is 6.26 Å². The minimum absolute atomic E-state index is 0.351. The summed E-state index contributed by atoms with van der Waals surface area (Å²) in [4.78, 5) is 2.43. The van der Waals surface area contributed by atoms with Crippen molar-refractivity contribution in [2.45, 2.75) is 24.8 Å². The van der Waals surface area contributed by atoms with Crippen molar-refractivity contribution in [3.05, 3.63) is 60.2 Å². The largest absolute Gasteiger partial charge is 0.459 e. The average Bonchev–Trinajstić information content (AvgIpc) is 3.27. The molecule has 2 atom stereocenters. The SMILES string of the molecule is C[C@H]1SCCN(Cc2nnc(-c3ccco3)o2)[C@@H]1c1ccccc1. The molecule has 0 saturated carbocycles. The molecule has 0 N–H and O–H groups in total. The van der Waals surface area contributed by atoms with E-state index in [0.717, 1.165) is 12.3 Å². The van der Waals surface area contributed by atoms with Crippen LogP contribution in [-0.2, 0) is 6.54 Å². The molecule has 1 aliphatic rings. The second-order valence-electron chi connectivity index (χ2n) is 5.88. The zero-order valence-electron chi connectivity index (χ0n) is 13.5. The molecule has 0 amide bonds. The van der Waals surface area contributed by atoms with E-state index >= 15 is 0 Å². The summed E-state index contributed by atoms with van der Waals surface area (Å²) >= 11 is 2.02. The maximum atomic E-state index is 5.79. The summed E-state index contributed by atoms with van der Waals surface area (Å²) in [6.07, 6.45) is 1.61. The normalized spacial score (nSPS) is 21.9. The number of hydrogen-bond donors (Lipinski definition) is 0. The standard InChI is InChI=1S/C18H19N3O2S/c1-13-17(14-6-3-2-4-7-14)21(9-11-24-13)12-16-19-20-18(23-16)15-8-5-10-22-15/h2-8,10,13,17H,9,11-12H2,1H3/t13-,17+/m1/s1. The molecule has 3 heterocycles. The van der Waals surface area contributed by atoms with Crippen LogP contribution in [-0.4, -0.2) is 32.6 Å². The molecular formula is C18H19N3O2S. The number of thioether (sulfide) groups is 1. The molecule has 0 spiro atoms. The number of nitrogens with zero attached hydrogens (tertiary/aromatic N) is 3. The van der Waals surface area contributed by atoms with Crippen molar-refractivity contribution in [2.24, 2.45) is 0 Å². The highest BCUT2D eigenvalue weighted by atomic mass is 32.2. The molecule has 1 aromatic carbocycles. The Morgan fingerprint density at radius 3 is 2.83 bits per heavy atom. The molecule has 5 nitrogen and oxygen atoms in total. The van der Waals surface area contributed by atoms with Gasteiger partial charge in [0.25, 0.3) is 5.89 Å². The molecule has 0 radical (unpaired) electrons. The summed E-state index contributed by atoms with van der Waals surface area (Å²) in [6.45, 7) is 3.95. The third kappa shape index (κ3) is 3.12. The van der Waals surface area contributed by atoms with Crippen molar-refractivity contribution >= 4 is 11.8 Å².